The number of para-hydroxylation sites is 1. The molecule has 1 atom stereocenters. The molecule has 1 unspecified atom stereocenters. The maximum Gasteiger partial charge on any atom is 0.312 e. The SMILES string of the molecule is COC(=O)C1C=c2c(c(C3CCCCC3)c(-c3ccccc3OCc3ccccc3)n2C)=CC1. The molecule has 4 heteroatoms. The van der Waals surface area contributed by atoms with Crippen LogP contribution in [0.1, 0.15) is 55.6 Å². The van der Waals surface area contributed by atoms with E-state index in [9.17, 15) is 4.79 Å². The molecule has 1 heterocycles. The van der Waals surface area contributed by atoms with Crippen molar-refractivity contribution >= 4 is 18.1 Å². The first-order chi connectivity index (χ1) is 16.7. The molecule has 0 N–H and O–H groups in total. The molecule has 0 spiro atoms. The lowest BCUT2D eigenvalue weighted by molar-refractivity contribution is -0.143. The standard InChI is InChI=1S/C30H33NO3/c1-31-26-19-23(30(32)33-2)17-18-24(26)28(22-13-7-4-8-14-22)29(31)25-15-9-10-16-27(25)34-20-21-11-5-3-6-12-21/h3,5-6,9-12,15-16,18-19,22-23H,4,7-8,13-14,17,20H2,1-2H3. The van der Waals surface area contributed by atoms with Crippen LogP contribution in [0, 0.1) is 5.92 Å². The van der Waals surface area contributed by atoms with E-state index in [1.165, 1.54) is 55.7 Å². The van der Waals surface area contributed by atoms with Crippen molar-refractivity contribution in [3.8, 4) is 17.0 Å². The number of nitrogens with zero attached hydrogens (tertiary/aromatic N) is 1. The number of ether oxygens (including phenoxy) is 2. The molecule has 2 aliphatic carbocycles. The third-order valence-electron chi connectivity index (χ3n) is 7.35. The molecular weight excluding hydrogens is 422 g/mol. The summed E-state index contributed by atoms with van der Waals surface area (Å²) in [7, 11) is 3.59. The minimum absolute atomic E-state index is 0.171. The van der Waals surface area contributed by atoms with Gasteiger partial charge in [0.1, 0.15) is 12.4 Å². The first-order valence-electron chi connectivity index (χ1n) is 12.4. The molecule has 2 aliphatic rings. The summed E-state index contributed by atoms with van der Waals surface area (Å²) in [5.74, 6) is 1.02. The lowest BCUT2D eigenvalue weighted by atomic mass is 9.81. The van der Waals surface area contributed by atoms with Gasteiger partial charge in [-0.1, -0.05) is 67.8 Å². The second-order valence-corrected chi connectivity index (χ2v) is 9.46. The molecular formula is C30H33NO3. The Balaban J connectivity index is 1.64. The van der Waals surface area contributed by atoms with Crippen LogP contribution < -0.4 is 15.3 Å². The number of carbonyl (C=O) groups excluding carboxylic acids is 1. The topological polar surface area (TPSA) is 40.5 Å². The van der Waals surface area contributed by atoms with Gasteiger partial charge in [-0.15, -0.1) is 0 Å². The van der Waals surface area contributed by atoms with Crippen molar-refractivity contribution < 1.29 is 14.3 Å². The lowest BCUT2D eigenvalue weighted by Gasteiger charge is -2.24. The van der Waals surface area contributed by atoms with Gasteiger partial charge in [0, 0.05) is 18.0 Å². The quantitative estimate of drug-likeness (QED) is 0.487. The fourth-order valence-corrected chi connectivity index (χ4v) is 5.64. The van der Waals surface area contributed by atoms with Crippen LogP contribution in [0.25, 0.3) is 23.4 Å². The normalized spacial score (nSPS) is 17.9. The zero-order chi connectivity index (χ0) is 23.5. The Morgan fingerprint density at radius 2 is 1.74 bits per heavy atom. The van der Waals surface area contributed by atoms with Crippen LogP contribution in [-0.4, -0.2) is 17.6 Å². The van der Waals surface area contributed by atoms with Crippen LogP contribution >= 0.6 is 0 Å². The number of methoxy groups -OCH3 is 1. The van der Waals surface area contributed by atoms with E-state index in [0.29, 0.717) is 18.9 Å². The van der Waals surface area contributed by atoms with E-state index in [1.807, 2.05) is 24.3 Å². The molecule has 4 nitrogen and oxygen atoms in total. The van der Waals surface area contributed by atoms with Crippen molar-refractivity contribution in [1.82, 2.24) is 4.57 Å². The van der Waals surface area contributed by atoms with Gasteiger partial charge >= 0.3 is 5.97 Å². The summed E-state index contributed by atoms with van der Waals surface area (Å²) in [6, 6.07) is 18.7. The Kier molecular flexibility index (Phi) is 6.57. The zero-order valence-electron chi connectivity index (χ0n) is 20.1. The fraction of sp³-hybridized carbons (Fsp3) is 0.367. The van der Waals surface area contributed by atoms with Gasteiger partial charge in [-0.25, -0.2) is 0 Å². The van der Waals surface area contributed by atoms with Gasteiger partial charge in [0.05, 0.1) is 18.7 Å². The van der Waals surface area contributed by atoms with E-state index in [1.54, 1.807) is 0 Å². The summed E-state index contributed by atoms with van der Waals surface area (Å²) >= 11 is 0. The van der Waals surface area contributed by atoms with Gasteiger partial charge in [-0.05, 0) is 59.7 Å². The molecule has 3 aromatic rings. The van der Waals surface area contributed by atoms with Gasteiger partial charge in [-0.2, -0.15) is 0 Å². The van der Waals surface area contributed by atoms with Crippen molar-refractivity contribution in [2.45, 2.75) is 51.0 Å². The van der Waals surface area contributed by atoms with E-state index in [2.05, 4.69) is 54.1 Å². The van der Waals surface area contributed by atoms with Crippen molar-refractivity contribution in [3.05, 3.63) is 76.3 Å². The Labute approximate surface area is 201 Å². The third kappa shape index (κ3) is 4.29. The number of benzene rings is 2. The minimum Gasteiger partial charge on any atom is -0.488 e. The maximum absolute atomic E-state index is 12.3. The first kappa shape index (κ1) is 22.5. The smallest absolute Gasteiger partial charge is 0.312 e. The predicted molar refractivity (Wildman–Crippen MR) is 136 cm³/mol. The largest absolute Gasteiger partial charge is 0.488 e. The van der Waals surface area contributed by atoms with Crippen LogP contribution in [0.15, 0.2) is 54.6 Å². The number of esters is 1. The van der Waals surface area contributed by atoms with Crippen molar-refractivity contribution in [3.63, 3.8) is 0 Å². The highest BCUT2D eigenvalue weighted by Crippen LogP contribution is 2.39. The summed E-state index contributed by atoms with van der Waals surface area (Å²) in [6.45, 7) is 0.531. The molecule has 0 aliphatic heterocycles. The van der Waals surface area contributed by atoms with Gasteiger partial charge in [0.25, 0.3) is 0 Å². The minimum atomic E-state index is -0.234. The molecule has 0 bridgehead atoms. The van der Waals surface area contributed by atoms with Crippen molar-refractivity contribution in [2.75, 3.05) is 7.11 Å². The van der Waals surface area contributed by atoms with E-state index in [0.717, 1.165) is 22.2 Å². The van der Waals surface area contributed by atoms with E-state index in [-0.39, 0.29) is 11.9 Å². The van der Waals surface area contributed by atoms with Crippen LogP contribution in [0.5, 0.6) is 5.75 Å². The van der Waals surface area contributed by atoms with Gasteiger partial charge in [-0.3, -0.25) is 4.79 Å². The summed E-state index contributed by atoms with van der Waals surface area (Å²) in [4.78, 5) is 12.3. The van der Waals surface area contributed by atoms with Gasteiger partial charge < -0.3 is 14.0 Å². The molecule has 1 aromatic heterocycles. The Bertz CT molecular complexity index is 1280. The molecule has 34 heavy (non-hydrogen) atoms. The maximum atomic E-state index is 12.3. The van der Waals surface area contributed by atoms with E-state index in [4.69, 9.17) is 9.47 Å². The van der Waals surface area contributed by atoms with Crippen LogP contribution in [0.2, 0.25) is 0 Å². The van der Waals surface area contributed by atoms with Crippen LogP contribution in [-0.2, 0) is 23.2 Å². The van der Waals surface area contributed by atoms with E-state index < -0.39 is 0 Å². The van der Waals surface area contributed by atoms with Crippen molar-refractivity contribution in [2.24, 2.45) is 13.0 Å². The highest BCUT2D eigenvalue weighted by molar-refractivity contribution is 5.81. The summed E-state index contributed by atoms with van der Waals surface area (Å²) in [6.07, 6.45) is 11.3. The molecule has 0 radical (unpaired) electrons. The average molecular weight is 456 g/mol. The fourth-order valence-electron chi connectivity index (χ4n) is 5.64. The molecule has 2 aromatic carbocycles. The molecule has 176 valence electrons. The molecule has 0 amide bonds. The average Bonchev–Trinajstić information content (AvgIpc) is 3.19. The van der Waals surface area contributed by atoms with E-state index >= 15 is 0 Å². The summed E-state index contributed by atoms with van der Waals surface area (Å²) < 4.78 is 13.7. The Morgan fingerprint density at radius 1 is 1.00 bits per heavy atom. The Hall–Kier alpha value is -3.27. The molecule has 1 fully saturated rings. The second kappa shape index (κ2) is 9.92. The highest BCUT2D eigenvalue weighted by Gasteiger charge is 2.28. The van der Waals surface area contributed by atoms with Crippen molar-refractivity contribution in [1.29, 1.82) is 0 Å². The number of hydrogen-bond acceptors (Lipinski definition) is 3. The molecule has 1 saturated carbocycles. The molecule has 5 rings (SSSR count). The zero-order valence-corrected chi connectivity index (χ0v) is 20.1. The predicted octanol–water partition coefficient (Wildman–Crippen LogP) is 5.07. The monoisotopic (exact) mass is 455 g/mol. The number of hydrogen-bond donors (Lipinski definition) is 0. The summed E-state index contributed by atoms with van der Waals surface area (Å²) in [5, 5.41) is 2.41. The van der Waals surface area contributed by atoms with Gasteiger partial charge in [0.15, 0.2) is 0 Å². The number of fused-ring (bicyclic) bond motifs is 1. The van der Waals surface area contributed by atoms with Gasteiger partial charge in [0.2, 0.25) is 0 Å². The third-order valence-corrected chi connectivity index (χ3v) is 7.35. The second-order valence-electron chi connectivity index (χ2n) is 9.46. The number of carbonyl (C=O) groups is 1. The van der Waals surface area contributed by atoms with Crippen LogP contribution in [0.3, 0.4) is 0 Å². The number of rotatable bonds is 6. The summed E-state index contributed by atoms with van der Waals surface area (Å²) in [5.41, 5.74) is 4.91. The lowest BCUT2D eigenvalue weighted by Crippen LogP contribution is -2.35. The van der Waals surface area contributed by atoms with Crippen LogP contribution in [0.4, 0.5) is 0 Å². The Morgan fingerprint density at radius 3 is 2.50 bits per heavy atom. The first-order valence-corrected chi connectivity index (χ1v) is 12.4. The number of aromatic nitrogens is 1. The highest BCUT2D eigenvalue weighted by atomic mass is 16.5. The molecule has 0 saturated heterocycles.